The van der Waals surface area contributed by atoms with Crippen molar-refractivity contribution in [2.24, 2.45) is 0 Å². The Morgan fingerprint density at radius 3 is 2.37 bits per heavy atom. The van der Waals surface area contributed by atoms with Crippen molar-refractivity contribution in [3.63, 3.8) is 0 Å². The molecule has 0 saturated carbocycles. The number of aliphatic hydroxyl groups is 1. The van der Waals surface area contributed by atoms with Crippen LogP contribution in [0.25, 0.3) is 0 Å². The molecule has 0 spiro atoms. The number of nitrogens with one attached hydrogen (secondary N) is 1. The molecule has 27 heavy (non-hydrogen) atoms. The highest BCUT2D eigenvalue weighted by atomic mass is 32.2. The molecule has 1 aromatic heterocycles. The van der Waals surface area contributed by atoms with E-state index in [2.05, 4.69) is 5.32 Å². The Hall–Kier alpha value is -1.23. The predicted octanol–water partition coefficient (Wildman–Crippen LogP) is 3.04. The molecule has 9 heteroatoms. The Kier molecular flexibility index (Phi) is 8.02. The number of rotatable bonds is 7. The lowest BCUT2D eigenvalue weighted by atomic mass is 10.2. The number of hydrogen-bond donors (Lipinski definition) is 2. The van der Waals surface area contributed by atoms with Gasteiger partial charge in [0.1, 0.15) is 11.4 Å². The summed E-state index contributed by atoms with van der Waals surface area (Å²) >= 11 is -1.26. The summed E-state index contributed by atoms with van der Waals surface area (Å²) in [6, 6.07) is 10.3. The van der Waals surface area contributed by atoms with Crippen molar-refractivity contribution in [3.05, 3.63) is 41.3 Å². The summed E-state index contributed by atoms with van der Waals surface area (Å²) in [6.07, 6.45) is -0.495. The summed E-state index contributed by atoms with van der Waals surface area (Å²) in [6.45, 7) is 5.54. The molecule has 0 aliphatic rings. The molecule has 2 N–H and O–H groups in total. The van der Waals surface area contributed by atoms with E-state index >= 15 is 0 Å². The lowest BCUT2D eigenvalue weighted by Crippen LogP contribution is -2.31. The predicted molar refractivity (Wildman–Crippen MR) is 107 cm³/mol. The van der Waals surface area contributed by atoms with Gasteiger partial charge in [0.25, 0.3) is 0 Å². The molecule has 1 aromatic carbocycles. The van der Waals surface area contributed by atoms with E-state index in [1.807, 2.05) is 6.07 Å². The minimum absolute atomic E-state index is 0.143. The quantitative estimate of drug-likeness (QED) is 0.658. The molecule has 2 aromatic rings. The fraction of sp³-hybridized carbons (Fsp3) is 0.389. The zero-order valence-corrected chi connectivity index (χ0v) is 17.8. The van der Waals surface area contributed by atoms with Crippen LogP contribution < -0.4 is 5.32 Å². The van der Waals surface area contributed by atoms with Crippen molar-refractivity contribution in [2.45, 2.75) is 46.9 Å². The van der Waals surface area contributed by atoms with Crippen molar-refractivity contribution in [2.75, 3.05) is 12.4 Å². The van der Waals surface area contributed by atoms with Gasteiger partial charge in [-0.15, -0.1) is 0 Å². The van der Waals surface area contributed by atoms with Crippen LogP contribution in [-0.2, 0) is 33.6 Å². The van der Waals surface area contributed by atoms with Crippen molar-refractivity contribution < 1.29 is 23.7 Å². The molecular weight excluding hydrogens is 406 g/mol. The molecule has 148 valence electrons. The van der Waals surface area contributed by atoms with E-state index in [9.17, 15) is 13.9 Å². The molecule has 0 bridgehead atoms. The molecule has 2 unspecified atom stereocenters. The molecule has 1 amide bonds. The minimum Gasteiger partial charge on any atom is -0.611 e. The van der Waals surface area contributed by atoms with E-state index in [1.54, 1.807) is 51.1 Å². The second-order valence-corrected chi connectivity index (χ2v) is 11.0. The number of carbonyl (C=O) groups excluding carboxylic acids is 1. The zero-order chi connectivity index (χ0) is 20.0. The standard InChI is InChI=1S/C18H23NO5S3/c1-18(2,3)24-17(21)19-12-13-4-9-16(25-13)27(23)15-7-5-14(6-8-15)26(22)11-10-20/h4-9,20H,10-12H2,1-3H3,(H,19,21). The normalized spacial score (nSPS) is 13.9. The van der Waals surface area contributed by atoms with Gasteiger partial charge < -0.3 is 24.3 Å². The molecule has 0 aliphatic carbocycles. The van der Waals surface area contributed by atoms with Gasteiger partial charge in [-0.2, -0.15) is 0 Å². The van der Waals surface area contributed by atoms with Crippen molar-refractivity contribution in [1.82, 2.24) is 5.32 Å². The monoisotopic (exact) mass is 429 g/mol. The number of carbonyl (C=O) groups is 1. The van der Waals surface area contributed by atoms with Crippen LogP contribution in [0.2, 0.25) is 0 Å². The molecule has 0 radical (unpaired) electrons. The Balaban J connectivity index is 1.96. The molecule has 6 nitrogen and oxygen atoms in total. The van der Waals surface area contributed by atoms with Gasteiger partial charge in [-0.05, 0) is 62.3 Å². The zero-order valence-electron chi connectivity index (χ0n) is 15.4. The van der Waals surface area contributed by atoms with Crippen LogP contribution in [0.1, 0.15) is 25.6 Å². The summed E-state index contributed by atoms with van der Waals surface area (Å²) in [4.78, 5) is 13.8. The van der Waals surface area contributed by atoms with Crippen LogP contribution in [0.3, 0.4) is 0 Å². The van der Waals surface area contributed by atoms with Gasteiger partial charge in [-0.25, -0.2) is 4.79 Å². The van der Waals surface area contributed by atoms with Gasteiger partial charge in [-0.1, -0.05) is 11.3 Å². The van der Waals surface area contributed by atoms with E-state index in [0.29, 0.717) is 20.5 Å². The maximum atomic E-state index is 12.7. The van der Waals surface area contributed by atoms with E-state index in [1.165, 1.54) is 11.3 Å². The highest BCUT2D eigenvalue weighted by Gasteiger charge is 2.20. The molecule has 2 atom stereocenters. The molecule has 0 aliphatic heterocycles. The van der Waals surface area contributed by atoms with Gasteiger partial charge in [0.15, 0.2) is 9.79 Å². The minimum atomic E-state index is -1.36. The Bertz CT molecular complexity index is 742. The number of hydrogen-bond acceptors (Lipinski definition) is 6. The third-order valence-corrected chi connectivity index (χ3v) is 7.34. The van der Waals surface area contributed by atoms with Crippen molar-refractivity contribution in [1.29, 1.82) is 0 Å². The first kappa shape index (κ1) is 22.1. The highest BCUT2D eigenvalue weighted by molar-refractivity contribution is 7.93. The molecular formula is C18H23NO5S3. The summed E-state index contributed by atoms with van der Waals surface area (Å²) < 4.78 is 30.4. The van der Waals surface area contributed by atoms with Crippen LogP contribution >= 0.6 is 11.3 Å². The molecule has 1 heterocycles. The highest BCUT2D eigenvalue weighted by Crippen LogP contribution is 2.28. The Labute approximate surface area is 169 Å². The van der Waals surface area contributed by atoms with Crippen molar-refractivity contribution in [3.8, 4) is 0 Å². The van der Waals surface area contributed by atoms with Crippen LogP contribution in [0.5, 0.6) is 0 Å². The lowest BCUT2D eigenvalue weighted by Gasteiger charge is -2.19. The average molecular weight is 430 g/mol. The number of amides is 1. The number of thiophene rings is 1. The molecule has 0 saturated heterocycles. The summed E-state index contributed by atoms with van der Waals surface area (Å²) in [7, 11) is 0. The number of benzene rings is 1. The van der Waals surface area contributed by atoms with Gasteiger partial charge >= 0.3 is 6.09 Å². The SMILES string of the molecule is CC(C)(C)OC(=O)NCc1ccc([S+]([O-])c2ccc([S+]([O-])CCO)cc2)s1. The molecule has 2 rings (SSSR count). The topological polar surface area (TPSA) is 105 Å². The number of alkyl carbamates (subject to hydrolysis) is 1. The number of aliphatic hydroxyl groups excluding tert-OH is 1. The fourth-order valence-corrected chi connectivity index (χ4v) is 5.29. The largest absolute Gasteiger partial charge is 0.611 e. The van der Waals surface area contributed by atoms with Crippen LogP contribution in [0.4, 0.5) is 4.79 Å². The fourth-order valence-electron chi connectivity index (χ4n) is 2.06. The van der Waals surface area contributed by atoms with E-state index in [4.69, 9.17) is 9.84 Å². The first-order valence-corrected chi connectivity index (χ1v) is 11.5. The third-order valence-electron chi connectivity index (χ3n) is 3.20. The first-order chi connectivity index (χ1) is 12.7. The lowest BCUT2D eigenvalue weighted by molar-refractivity contribution is 0.0524. The molecule has 0 fully saturated rings. The van der Waals surface area contributed by atoms with Crippen LogP contribution in [-0.4, -0.2) is 38.3 Å². The Morgan fingerprint density at radius 1 is 1.15 bits per heavy atom. The average Bonchev–Trinajstić information content (AvgIpc) is 3.07. The number of ether oxygens (including phenoxy) is 1. The Morgan fingerprint density at radius 2 is 1.78 bits per heavy atom. The second kappa shape index (κ2) is 9.81. The van der Waals surface area contributed by atoms with E-state index in [0.717, 1.165) is 4.88 Å². The maximum Gasteiger partial charge on any atom is 0.407 e. The van der Waals surface area contributed by atoms with Gasteiger partial charge in [-0.3, -0.25) is 0 Å². The summed E-state index contributed by atoms with van der Waals surface area (Å²) in [5.41, 5.74) is -0.556. The summed E-state index contributed by atoms with van der Waals surface area (Å²) in [5, 5.41) is 11.5. The first-order valence-electron chi connectivity index (χ1n) is 8.26. The van der Waals surface area contributed by atoms with Crippen LogP contribution in [0, 0.1) is 0 Å². The van der Waals surface area contributed by atoms with Gasteiger partial charge in [0, 0.05) is 22.1 Å². The van der Waals surface area contributed by atoms with E-state index < -0.39 is 34.0 Å². The summed E-state index contributed by atoms with van der Waals surface area (Å²) in [5.74, 6) is 0.182. The van der Waals surface area contributed by atoms with Crippen LogP contribution in [0.15, 0.2) is 50.4 Å². The smallest absolute Gasteiger partial charge is 0.407 e. The second-order valence-electron chi connectivity index (χ2n) is 6.59. The van der Waals surface area contributed by atoms with E-state index in [-0.39, 0.29) is 12.4 Å². The third kappa shape index (κ3) is 7.02. The van der Waals surface area contributed by atoms with Crippen molar-refractivity contribution >= 4 is 39.8 Å². The van der Waals surface area contributed by atoms with Gasteiger partial charge in [0.2, 0.25) is 4.21 Å². The maximum absolute atomic E-state index is 12.7. The van der Waals surface area contributed by atoms with Gasteiger partial charge in [0.05, 0.1) is 13.2 Å².